The summed E-state index contributed by atoms with van der Waals surface area (Å²) in [5.41, 5.74) is 1.67. The van der Waals surface area contributed by atoms with Gasteiger partial charge in [0, 0.05) is 11.3 Å². The molecule has 5 heteroatoms. The molecule has 0 saturated carbocycles. The van der Waals surface area contributed by atoms with Gasteiger partial charge in [-0.15, -0.1) is 0 Å². The average molecular weight is 322 g/mol. The van der Waals surface area contributed by atoms with Crippen molar-refractivity contribution < 1.29 is 14.1 Å². The van der Waals surface area contributed by atoms with Gasteiger partial charge in [0.2, 0.25) is 0 Å². The predicted molar refractivity (Wildman–Crippen MR) is 86.5 cm³/mol. The molecule has 3 nitrogen and oxygen atoms in total. The first-order valence-corrected chi connectivity index (χ1v) is 7.47. The Hall–Kier alpha value is -1.91. The molecule has 1 amide bonds. The van der Waals surface area contributed by atoms with Crippen LogP contribution in [0.5, 0.6) is 0 Å². The number of hydrogen-bond acceptors (Lipinski definition) is 1. The second-order valence-electron chi connectivity index (χ2n) is 5.35. The second kappa shape index (κ2) is 7.38. The van der Waals surface area contributed by atoms with Gasteiger partial charge < -0.3 is 10.2 Å². The van der Waals surface area contributed by atoms with E-state index >= 15 is 0 Å². The fourth-order valence-corrected chi connectivity index (χ4v) is 2.30. The molecule has 116 valence electrons. The fraction of sp³-hybridized carbons (Fsp3) is 0.235. The van der Waals surface area contributed by atoms with Gasteiger partial charge in [-0.3, -0.25) is 4.79 Å². The lowest BCUT2D eigenvalue weighted by Gasteiger charge is -2.21. The van der Waals surface area contributed by atoms with E-state index in [1.807, 2.05) is 44.3 Å². The largest absolute Gasteiger partial charge is 0.324 e. The van der Waals surface area contributed by atoms with Crippen molar-refractivity contribution in [3.8, 4) is 0 Å². The lowest BCUT2D eigenvalue weighted by Crippen LogP contribution is -3.12. The van der Waals surface area contributed by atoms with Crippen LogP contribution in [0, 0.1) is 5.82 Å². The predicted octanol–water partition coefficient (Wildman–Crippen LogP) is 2.52. The van der Waals surface area contributed by atoms with Crippen LogP contribution < -0.4 is 10.2 Å². The molecule has 22 heavy (non-hydrogen) atoms. The maximum atomic E-state index is 13.1. The number of anilines is 1. The Kier molecular flexibility index (Phi) is 5.52. The molecule has 0 radical (unpaired) electrons. The van der Waals surface area contributed by atoms with Crippen molar-refractivity contribution in [3.63, 3.8) is 0 Å². The summed E-state index contributed by atoms with van der Waals surface area (Å²) in [6.07, 6.45) is 0. The van der Waals surface area contributed by atoms with E-state index in [1.54, 1.807) is 0 Å². The van der Waals surface area contributed by atoms with Crippen LogP contribution in [-0.4, -0.2) is 19.0 Å². The Bertz CT molecular complexity index is 648. The van der Waals surface area contributed by atoms with Gasteiger partial charge in [0.15, 0.2) is 6.04 Å². The first kappa shape index (κ1) is 16.5. The van der Waals surface area contributed by atoms with E-state index < -0.39 is 5.82 Å². The standard InChI is InChI=1S/C17H18ClFN2O/c1-12(21(2)11-13-6-4-3-5-7-13)17(22)20-14-8-9-16(19)15(18)10-14/h3-10,12H,11H2,1-2H3,(H,20,22)/p+1/t12-/m1/s1. The first-order chi connectivity index (χ1) is 10.5. The van der Waals surface area contributed by atoms with E-state index in [-0.39, 0.29) is 17.0 Å². The van der Waals surface area contributed by atoms with Crippen LogP contribution in [-0.2, 0) is 11.3 Å². The number of halogens is 2. The van der Waals surface area contributed by atoms with E-state index in [0.717, 1.165) is 11.4 Å². The van der Waals surface area contributed by atoms with Crippen LogP contribution in [0.25, 0.3) is 0 Å². The fourth-order valence-electron chi connectivity index (χ4n) is 2.12. The summed E-state index contributed by atoms with van der Waals surface area (Å²) in [5, 5.41) is 2.76. The molecule has 0 aliphatic carbocycles. The molecular formula is C17H19ClFN2O+. The van der Waals surface area contributed by atoms with Crippen molar-refractivity contribution in [1.82, 2.24) is 0 Å². The summed E-state index contributed by atoms with van der Waals surface area (Å²) in [6, 6.07) is 13.9. The molecule has 0 aliphatic heterocycles. The summed E-state index contributed by atoms with van der Waals surface area (Å²) in [4.78, 5) is 13.3. The van der Waals surface area contributed by atoms with Gasteiger partial charge in [-0.25, -0.2) is 4.39 Å². The average Bonchev–Trinajstić information content (AvgIpc) is 2.51. The van der Waals surface area contributed by atoms with Crippen LogP contribution in [0.4, 0.5) is 10.1 Å². The van der Waals surface area contributed by atoms with Crippen LogP contribution >= 0.6 is 11.6 Å². The highest BCUT2D eigenvalue weighted by Crippen LogP contribution is 2.19. The van der Waals surface area contributed by atoms with Crippen molar-refractivity contribution in [2.75, 3.05) is 12.4 Å². The molecule has 0 saturated heterocycles. The van der Waals surface area contributed by atoms with Crippen LogP contribution in [0.1, 0.15) is 12.5 Å². The zero-order valence-electron chi connectivity index (χ0n) is 12.6. The summed E-state index contributed by atoms with van der Waals surface area (Å²) < 4.78 is 13.1. The summed E-state index contributed by atoms with van der Waals surface area (Å²) in [6.45, 7) is 2.61. The third-order valence-corrected chi connectivity index (χ3v) is 3.94. The normalized spacial score (nSPS) is 13.5. The summed E-state index contributed by atoms with van der Waals surface area (Å²) in [7, 11) is 1.97. The Balaban J connectivity index is 1.97. The smallest absolute Gasteiger partial charge is 0.282 e. The minimum atomic E-state index is -0.500. The molecule has 2 rings (SSSR count). The number of rotatable bonds is 5. The van der Waals surface area contributed by atoms with Crippen molar-refractivity contribution in [2.45, 2.75) is 19.5 Å². The van der Waals surface area contributed by atoms with E-state index in [9.17, 15) is 9.18 Å². The van der Waals surface area contributed by atoms with Crippen molar-refractivity contribution in [1.29, 1.82) is 0 Å². The first-order valence-electron chi connectivity index (χ1n) is 7.09. The Morgan fingerprint density at radius 1 is 1.27 bits per heavy atom. The molecule has 0 bridgehead atoms. The number of benzene rings is 2. The monoisotopic (exact) mass is 321 g/mol. The lowest BCUT2D eigenvalue weighted by molar-refractivity contribution is -0.907. The topological polar surface area (TPSA) is 33.5 Å². The van der Waals surface area contributed by atoms with Crippen molar-refractivity contribution in [3.05, 3.63) is 64.9 Å². The van der Waals surface area contributed by atoms with E-state index in [0.29, 0.717) is 5.69 Å². The molecule has 0 aliphatic rings. The number of likely N-dealkylation sites (N-methyl/N-ethyl adjacent to an activating group) is 1. The molecule has 2 aromatic rings. The lowest BCUT2D eigenvalue weighted by atomic mass is 10.2. The number of hydrogen-bond donors (Lipinski definition) is 2. The number of amides is 1. The van der Waals surface area contributed by atoms with Gasteiger partial charge in [-0.2, -0.15) is 0 Å². The Morgan fingerprint density at radius 3 is 2.59 bits per heavy atom. The maximum absolute atomic E-state index is 13.1. The Morgan fingerprint density at radius 2 is 1.95 bits per heavy atom. The van der Waals surface area contributed by atoms with Gasteiger partial charge in [-0.05, 0) is 25.1 Å². The van der Waals surface area contributed by atoms with E-state index in [4.69, 9.17) is 11.6 Å². The van der Waals surface area contributed by atoms with Gasteiger partial charge in [0.25, 0.3) is 5.91 Å². The minimum absolute atomic E-state index is 0.00422. The van der Waals surface area contributed by atoms with Crippen LogP contribution in [0.15, 0.2) is 48.5 Å². The van der Waals surface area contributed by atoms with Crippen LogP contribution in [0.3, 0.4) is 0 Å². The molecule has 2 N–H and O–H groups in total. The summed E-state index contributed by atoms with van der Waals surface area (Å²) in [5.74, 6) is -0.629. The molecule has 0 aromatic heterocycles. The number of carbonyl (C=O) groups is 1. The van der Waals surface area contributed by atoms with Gasteiger partial charge in [-0.1, -0.05) is 41.9 Å². The highest BCUT2D eigenvalue weighted by atomic mass is 35.5. The number of quaternary nitrogens is 1. The highest BCUT2D eigenvalue weighted by molar-refractivity contribution is 6.31. The van der Waals surface area contributed by atoms with E-state index in [2.05, 4.69) is 5.32 Å². The number of carbonyl (C=O) groups excluding carboxylic acids is 1. The molecule has 0 fully saturated rings. The van der Waals surface area contributed by atoms with Gasteiger partial charge >= 0.3 is 0 Å². The summed E-state index contributed by atoms with van der Waals surface area (Å²) >= 11 is 5.72. The zero-order valence-corrected chi connectivity index (χ0v) is 13.3. The molecule has 0 spiro atoms. The molecule has 1 unspecified atom stereocenters. The van der Waals surface area contributed by atoms with Gasteiger partial charge in [0.05, 0.1) is 12.1 Å². The molecule has 2 aromatic carbocycles. The zero-order chi connectivity index (χ0) is 16.1. The minimum Gasteiger partial charge on any atom is -0.324 e. The molecule has 0 heterocycles. The quantitative estimate of drug-likeness (QED) is 0.872. The SMILES string of the molecule is C[C@H](C(=O)Nc1ccc(F)c(Cl)c1)[NH+](C)Cc1ccccc1. The van der Waals surface area contributed by atoms with Crippen LogP contribution in [0.2, 0.25) is 5.02 Å². The van der Waals surface area contributed by atoms with E-state index in [1.165, 1.54) is 23.8 Å². The number of nitrogens with one attached hydrogen (secondary N) is 2. The van der Waals surface area contributed by atoms with Crippen molar-refractivity contribution >= 4 is 23.2 Å². The Labute approximate surface area is 134 Å². The third-order valence-electron chi connectivity index (χ3n) is 3.65. The highest BCUT2D eigenvalue weighted by Gasteiger charge is 2.22. The second-order valence-corrected chi connectivity index (χ2v) is 5.76. The van der Waals surface area contributed by atoms with Crippen molar-refractivity contribution in [2.24, 2.45) is 0 Å². The molecule has 2 atom stereocenters. The maximum Gasteiger partial charge on any atom is 0.282 e. The third kappa shape index (κ3) is 4.29. The van der Waals surface area contributed by atoms with Gasteiger partial charge in [0.1, 0.15) is 12.4 Å². The molecular weight excluding hydrogens is 303 g/mol.